The fourth-order valence-electron chi connectivity index (χ4n) is 3.16. The zero-order valence-electron chi connectivity index (χ0n) is 19.7. The van der Waals surface area contributed by atoms with Crippen LogP contribution in [0.15, 0.2) is 84.0 Å². The van der Waals surface area contributed by atoms with Gasteiger partial charge in [0.05, 0.1) is 18.2 Å². The van der Waals surface area contributed by atoms with Gasteiger partial charge in [-0.25, -0.2) is 13.8 Å². The maximum Gasteiger partial charge on any atom is 0.263 e. The largest absolute Gasteiger partial charge is 0.484 e. The van der Waals surface area contributed by atoms with Gasteiger partial charge in [0.25, 0.3) is 11.8 Å². The van der Waals surface area contributed by atoms with Gasteiger partial charge in [-0.15, -0.1) is 0 Å². The first-order chi connectivity index (χ1) is 17.1. The van der Waals surface area contributed by atoms with E-state index in [-0.39, 0.29) is 6.61 Å². The average Bonchev–Trinajstić information content (AvgIpc) is 2.84. The minimum absolute atomic E-state index is 0.235. The highest BCUT2D eigenvalue weighted by Crippen LogP contribution is 2.27. The van der Waals surface area contributed by atoms with Crippen LogP contribution in [0.5, 0.6) is 17.2 Å². The van der Waals surface area contributed by atoms with E-state index in [1.165, 1.54) is 13.1 Å². The third-order valence-corrected chi connectivity index (χ3v) is 6.05. The average molecular weight is 511 g/mol. The molecule has 0 spiro atoms. The smallest absolute Gasteiger partial charge is 0.263 e. The van der Waals surface area contributed by atoms with E-state index in [1.54, 1.807) is 60.7 Å². The number of primary amides is 1. The summed E-state index contributed by atoms with van der Waals surface area (Å²) in [6.45, 7) is 1.23. The molecule has 0 saturated heterocycles. The van der Waals surface area contributed by atoms with Crippen molar-refractivity contribution in [3.63, 3.8) is 0 Å². The molecule has 0 aliphatic rings. The van der Waals surface area contributed by atoms with Gasteiger partial charge in [0.2, 0.25) is 10.0 Å². The van der Waals surface area contributed by atoms with Crippen LogP contribution in [0.1, 0.15) is 12.5 Å². The number of hydrazone groups is 1. The van der Waals surface area contributed by atoms with Crippen LogP contribution in [0.2, 0.25) is 0 Å². The monoisotopic (exact) mass is 510 g/mol. The van der Waals surface area contributed by atoms with E-state index in [2.05, 4.69) is 10.5 Å². The zero-order valence-corrected chi connectivity index (χ0v) is 20.5. The van der Waals surface area contributed by atoms with Gasteiger partial charge < -0.3 is 15.2 Å². The molecule has 188 valence electrons. The normalized spacial score (nSPS) is 12.1. The molecule has 0 unspecified atom stereocenters. The van der Waals surface area contributed by atoms with E-state index in [1.807, 2.05) is 18.2 Å². The Hall–Kier alpha value is -4.38. The third kappa shape index (κ3) is 7.57. The van der Waals surface area contributed by atoms with Gasteiger partial charge in [-0.2, -0.15) is 5.10 Å². The lowest BCUT2D eigenvalue weighted by atomic mass is 10.2. The first-order valence-corrected chi connectivity index (χ1v) is 12.6. The fourth-order valence-corrected chi connectivity index (χ4v) is 4.34. The maximum atomic E-state index is 12.7. The number of nitrogens with one attached hydrogen (secondary N) is 1. The molecule has 0 fully saturated rings. The molecular weight excluding hydrogens is 484 g/mol. The van der Waals surface area contributed by atoms with Crippen molar-refractivity contribution in [1.82, 2.24) is 5.43 Å². The molecule has 0 heterocycles. The van der Waals surface area contributed by atoms with Crippen molar-refractivity contribution in [2.24, 2.45) is 10.8 Å². The number of hydrogen-bond donors (Lipinski definition) is 2. The summed E-state index contributed by atoms with van der Waals surface area (Å²) in [4.78, 5) is 23.5. The lowest BCUT2D eigenvalue weighted by molar-refractivity contribution is -0.122. The predicted octanol–water partition coefficient (Wildman–Crippen LogP) is 2.65. The van der Waals surface area contributed by atoms with Gasteiger partial charge in [0.1, 0.15) is 23.3 Å². The van der Waals surface area contributed by atoms with E-state index in [4.69, 9.17) is 15.2 Å². The Morgan fingerprint density at radius 2 is 1.56 bits per heavy atom. The summed E-state index contributed by atoms with van der Waals surface area (Å²) in [7, 11) is -3.79. The highest BCUT2D eigenvalue weighted by Gasteiger charge is 2.29. The molecular formula is C25H26N4O6S. The fraction of sp³-hybridized carbons (Fsp3) is 0.160. The van der Waals surface area contributed by atoms with Crippen LogP contribution < -0.4 is 24.9 Å². The van der Waals surface area contributed by atoms with Crippen molar-refractivity contribution in [2.75, 3.05) is 17.2 Å². The molecule has 0 aliphatic heterocycles. The number of carbonyl (C=O) groups is 2. The minimum Gasteiger partial charge on any atom is -0.484 e. The lowest BCUT2D eigenvalue weighted by Gasteiger charge is -2.27. The summed E-state index contributed by atoms with van der Waals surface area (Å²) in [5, 5.41) is 3.90. The summed E-state index contributed by atoms with van der Waals surface area (Å²) in [6, 6.07) is 21.0. The minimum atomic E-state index is -3.79. The molecule has 3 aromatic carbocycles. The number of nitrogens with two attached hydrogens (primary N) is 1. The molecule has 2 amide bonds. The van der Waals surface area contributed by atoms with Crippen LogP contribution in [-0.4, -0.2) is 45.4 Å². The Labute approximate surface area is 209 Å². The molecule has 1 atom stereocenters. The van der Waals surface area contributed by atoms with Gasteiger partial charge in [0.15, 0.2) is 6.61 Å². The lowest BCUT2D eigenvalue weighted by Crippen LogP contribution is -2.46. The number of rotatable bonds is 11. The van der Waals surface area contributed by atoms with E-state index in [0.717, 1.165) is 10.6 Å². The van der Waals surface area contributed by atoms with E-state index in [9.17, 15) is 18.0 Å². The highest BCUT2D eigenvalue weighted by atomic mass is 32.2. The van der Waals surface area contributed by atoms with Crippen molar-refractivity contribution < 1.29 is 27.5 Å². The predicted molar refractivity (Wildman–Crippen MR) is 137 cm³/mol. The third-order valence-electron chi connectivity index (χ3n) is 4.81. The molecule has 0 aromatic heterocycles. The van der Waals surface area contributed by atoms with Crippen LogP contribution in [0.25, 0.3) is 0 Å². The first kappa shape index (κ1) is 26.2. The SMILES string of the molecule is C[C@@H](C(=O)N/N=C\c1ccc(OCC(N)=O)cc1)N(c1ccc(Oc2ccccc2)cc1)S(C)(=O)=O. The Bertz CT molecular complexity index is 1310. The number of nitrogens with zero attached hydrogens (tertiary/aromatic N) is 2. The first-order valence-electron chi connectivity index (χ1n) is 10.8. The van der Waals surface area contributed by atoms with Gasteiger partial charge in [-0.3, -0.25) is 13.9 Å². The number of carbonyl (C=O) groups excluding carboxylic acids is 2. The van der Waals surface area contributed by atoms with E-state index < -0.39 is 27.9 Å². The summed E-state index contributed by atoms with van der Waals surface area (Å²) >= 11 is 0. The molecule has 0 saturated carbocycles. The second-order valence-electron chi connectivity index (χ2n) is 7.70. The van der Waals surface area contributed by atoms with Gasteiger partial charge in [0, 0.05) is 0 Å². The Morgan fingerprint density at radius 3 is 2.14 bits per heavy atom. The van der Waals surface area contributed by atoms with Gasteiger partial charge in [-0.05, 0) is 73.2 Å². The maximum absolute atomic E-state index is 12.7. The van der Waals surface area contributed by atoms with Gasteiger partial charge >= 0.3 is 0 Å². The van der Waals surface area contributed by atoms with Crippen molar-refractivity contribution in [2.45, 2.75) is 13.0 Å². The van der Waals surface area contributed by atoms with Crippen LogP contribution in [0.4, 0.5) is 5.69 Å². The Morgan fingerprint density at radius 1 is 0.972 bits per heavy atom. The van der Waals surface area contributed by atoms with Crippen LogP contribution in [0, 0.1) is 0 Å². The van der Waals surface area contributed by atoms with Crippen LogP contribution in [-0.2, 0) is 19.6 Å². The summed E-state index contributed by atoms with van der Waals surface area (Å²) in [5.41, 5.74) is 8.34. The van der Waals surface area contributed by atoms with Crippen molar-refractivity contribution in [3.8, 4) is 17.2 Å². The Kier molecular flexibility index (Phi) is 8.63. The summed E-state index contributed by atoms with van der Waals surface area (Å²) < 4.78 is 36.9. The Balaban J connectivity index is 1.65. The molecule has 11 heteroatoms. The van der Waals surface area contributed by atoms with Crippen LogP contribution >= 0.6 is 0 Å². The number of anilines is 1. The molecule has 3 aromatic rings. The molecule has 3 rings (SSSR count). The van der Waals surface area contributed by atoms with E-state index >= 15 is 0 Å². The zero-order chi connectivity index (χ0) is 26.1. The molecule has 3 N–H and O–H groups in total. The quantitative estimate of drug-likeness (QED) is 0.300. The van der Waals surface area contributed by atoms with Crippen molar-refractivity contribution in [3.05, 3.63) is 84.4 Å². The number of benzene rings is 3. The van der Waals surface area contributed by atoms with Gasteiger partial charge in [-0.1, -0.05) is 18.2 Å². The number of amides is 2. The molecule has 0 bridgehead atoms. The second kappa shape index (κ2) is 11.8. The number of ether oxygens (including phenoxy) is 2. The molecule has 0 radical (unpaired) electrons. The number of para-hydroxylation sites is 1. The van der Waals surface area contributed by atoms with Crippen molar-refractivity contribution in [1.29, 1.82) is 0 Å². The molecule has 0 aliphatic carbocycles. The summed E-state index contributed by atoms with van der Waals surface area (Å²) in [6.07, 6.45) is 2.42. The number of hydrogen-bond acceptors (Lipinski definition) is 7. The van der Waals surface area contributed by atoms with E-state index in [0.29, 0.717) is 28.5 Å². The molecule has 10 nitrogen and oxygen atoms in total. The van der Waals surface area contributed by atoms with Crippen molar-refractivity contribution >= 4 is 33.7 Å². The second-order valence-corrected chi connectivity index (χ2v) is 9.56. The number of sulfonamides is 1. The summed E-state index contributed by atoms with van der Waals surface area (Å²) in [5.74, 6) is 0.405. The highest BCUT2D eigenvalue weighted by molar-refractivity contribution is 7.92. The topological polar surface area (TPSA) is 140 Å². The van der Waals surface area contributed by atoms with Crippen LogP contribution in [0.3, 0.4) is 0 Å². The molecule has 36 heavy (non-hydrogen) atoms. The standard InChI is InChI=1S/C25H26N4O6S/c1-18(25(31)28-27-16-19-8-12-21(13-9-19)34-17-24(26)30)29(36(2,32)33)20-10-14-23(15-11-20)35-22-6-4-3-5-7-22/h3-16,18H,17H2,1-2H3,(H2,26,30)(H,28,31)/b27-16-/t18-/m0/s1.